The van der Waals surface area contributed by atoms with Gasteiger partial charge in [-0.1, -0.05) is 55.8 Å². The summed E-state index contributed by atoms with van der Waals surface area (Å²) in [5.74, 6) is 0. The summed E-state index contributed by atoms with van der Waals surface area (Å²) in [5, 5.41) is 3.56. The first-order chi connectivity index (χ1) is 8.77. The normalized spacial score (nSPS) is 12.7. The van der Waals surface area contributed by atoms with Gasteiger partial charge in [0.15, 0.2) is 0 Å². The summed E-state index contributed by atoms with van der Waals surface area (Å²) in [4.78, 5) is 0. The van der Waals surface area contributed by atoms with Gasteiger partial charge in [-0.25, -0.2) is 0 Å². The third kappa shape index (κ3) is 5.64. The third-order valence-electron chi connectivity index (χ3n) is 3.70. The Bertz CT molecular complexity index is 399. The minimum absolute atomic E-state index is 0.136. The van der Waals surface area contributed by atoms with E-state index in [0.717, 1.165) is 30.5 Å². The molecule has 0 radical (unpaired) electrons. The molecule has 0 spiro atoms. The van der Waals surface area contributed by atoms with E-state index in [1.165, 1.54) is 5.56 Å². The molecule has 19 heavy (non-hydrogen) atoms. The van der Waals surface area contributed by atoms with Crippen molar-refractivity contribution in [3.63, 3.8) is 0 Å². The lowest BCUT2D eigenvalue weighted by Crippen LogP contribution is -2.36. The molecule has 0 aliphatic heterocycles. The van der Waals surface area contributed by atoms with Gasteiger partial charge < -0.3 is 11.1 Å². The zero-order chi connectivity index (χ0) is 14.5. The molecule has 108 valence electrons. The van der Waals surface area contributed by atoms with E-state index in [9.17, 15) is 0 Å². The molecular weight excluding hydrogens is 300 g/mol. The standard InChI is InChI=1S/C16H27BrN2/c1-15(2,11-18)8-9-19-12-16(3,4)13-6-5-7-14(17)10-13/h5-7,10,19H,8-9,11-12,18H2,1-4H3. The van der Waals surface area contributed by atoms with Crippen LogP contribution < -0.4 is 11.1 Å². The second-order valence-corrected chi connectivity index (χ2v) is 7.61. The molecule has 0 atom stereocenters. The Hall–Kier alpha value is -0.380. The van der Waals surface area contributed by atoms with Crippen LogP contribution in [0.25, 0.3) is 0 Å². The van der Waals surface area contributed by atoms with Crippen LogP contribution in [0.3, 0.4) is 0 Å². The van der Waals surface area contributed by atoms with Gasteiger partial charge in [-0.15, -0.1) is 0 Å². The Kier molecular flexibility index (Phi) is 6.03. The minimum Gasteiger partial charge on any atom is -0.330 e. The lowest BCUT2D eigenvalue weighted by Gasteiger charge is -2.28. The van der Waals surface area contributed by atoms with Gasteiger partial charge in [-0.05, 0) is 42.6 Å². The number of benzene rings is 1. The number of nitrogens with two attached hydrogens (primary N) is 1. The molecule has 1 aromatic carbocycles. The van der Waals surface area contributed by atoms with Crippen molar-refractivity contribution in [2.45, 2.75) is 39.5 Å². The van der Waals surface area contributed by atoms with E-state index in [4.69, 9.17) is 5.73 Å². The van der Waals surface area contributed by atoms with E-state index < -0.39 is 0 Å². The molecule has 2 nitrogen and oxygen atoms in total. The fourth-order valence-electron chi connectivity index (χ4n) is 1.94. The highest BCUT2D eigenvalue weighted by Crippen LogP contribution is 2.25. The molecule has 3 heteroatoms. The summed E-state index contributed by atoms with van der Waals surface area (Å²) < 4.78 is 1.14. The molecule has 0 aromatic heterocycles. The van der Waals surface area contributed by atoms with Gasteiger partial charge in [-0.2, -0.15) is 0 Å². The Morgan fingerprint density at radius 3 is 2.47 bits per heavy atom. The molecule has 0 bridgehead atoms. The second kappa shape index (κ2) is 6.87. The van der Waals surface area contributed by atoms with Crippen molar-refractivity contribution >= 4 is 15.9 Å². The van der Waals surface area contributed by atoms with Crippen LogP contribution >= 0.6 is 15.9 Å². The Morgan fingerprint density at radius 2 is 1.89 bits per heavy atom. The molecule has 0 saturated heterocycles. The number of halogens is 1. The molecule has 0 aliphatic rings. The number of rotatable bonds is 7. The molecule has 3 N–H and O–H groups in total. The first-order valence-corrected chi connectivity index (χ1v) is 7.73. The summed E-state index contributed by atoms with van der Waals surface area (Å²) in [5.41, 5.74) is 7.47. The maximum absolute atomic E-state index is 5.75. The van der Waals surface area contributed by atoms with E-state index >= 15 is 0 Å². The first kappa shape index (κ1) is 16.7. The molecule has 0 heterocycles. The molecule has 0 aliphatic carbocycles. The molecule has 1 rings (SSSR count). The van der Waals surface area contributed by atoms with Crippen LogP contribution in [0.2, 0.25) is 0 Å². The zero-order valence-corrected chi connectivity index (χ0v) is 14.2. The van der Waals surface area contributed by atoms with Gasteiger partial charge in [-0.3, -0.25) is 0 Å². The molecule has 0 fully saturated rings. The van der Waals surface area contributed by atoms with Crippen molar-refractivity contribution in [3.05, 3.63) is 34.3 Å². The van der Waals surface area contributed by atoms with E-state index in [-0.39, 0.29) is 10.8 Å². The van der Waals surface area contributed by atoms with Gasteiger partial charge in [0.05, 0.1) is 0 Å². The van der Waals surface area contributed by atoms with Crippen LogP contribution in [0, 0.1) is 5.41 Å². The molecular formula is C16H27BrN2. The first-order valence-electron chi connectivity index (χ1n) is 6.94. The van der Waals surface area contributed by atoms with E-state index in [0.29, 0.717) is 0 Å². The average molecular weight is 327 g/mol. The monoisotopic (exact) mass is 326 g/mol. The largest absolute Gasteiger partial charge is 0.330 e. The van der Waals surface area contributed by atoms with Crippen molar-refractivity contribution in [2.75, 3.05) is 19.6 Å². The molecule has 0 saturated carbocycles. The predicted molar refractivity (Wildman–Crippen MR) is 87.5 cm³/mol. The van der Waals surface area contributed by atoms with Crippen LogP contribution in [0.15, 0.2) is 28.7 Å². The van der Waals surface area contributed by atoms with Crippen molar-refractivity contribution < 1.29 is 0 Å². The van der Waals surface area contributed by atoms with Crippen molar-refractivity contribution in [1.82, 2.24) is 5.32 Å². The number of nitrogens with one attached hydrogen (secondary N) is 1. The van der Waals surface area contributed by atoms with Gasteiger partial charge in [0, 0.05) is 16.4 Å². The van der Waals surface area contributed by atoms with Gasteiger partial charge in [0.25, 0.3) is 0 Å². The van der Waals surface area contributed by atoms with Crippen LogP contribution in [0.4, 0.5) is 0 Å². The third-order valence-corrected chi connectivity index (χ3v) is 4.20. The highest BCUT2D eigenvalue weighted by molar-refractivity contribution is 9.10. The fourth-order valence-corrected chi connectivity index (χ4v) is 2.34. The van der Waals surface area contributed by atoms with Gasteiger partial charge in [0.2, 0.25) is 0 Å². The summed E-state index contributed by atoms with van der Waals surface area (Å²) in [6, 6.07) is 8.55. The summed E-state index contributed by atoms with van der Waals surface area (Å²) in [7, 11) is 0. The number of hydrogen-bond donors (Lipinski definition) is 2. The summed E-state index contributed by atoms with van der Waals surface area (Å²) in [6.45, 7) is 11.7. The van der Waals surface area contributed by atoms with Gasteiger partial charge in [0.1, 0.15) is 0 Å². The van der Waals surface area contributed by atoms with Crippen molar-refractivity contribution in [3.8, 4) is 0 Å². The van der Waals surface area contributed by atoms with Crippen LogP contribution in [-0.2, 0) is 5.41 Å². The molecule has 0 unspecified atom stereocenters. The van der Waals surface area contributed by atoms with E-state index in [1.54, 1.807) is 0 Å². The molecule has 0 amide bonds. The lowest BCUT2D eigenvalue weighted by molar-refractivity contribution is 0.331. The summed E-state index contributed by atoms with van der Waals surface area (Å²) >= 11 is 3.54. The Labute approximate surface area is 126 Å². The average Bonchev–Trinajstić information content (AvgIpc) is 2.35. The highest BCUT2D eigenvalue weighted by atomic mass is 79.9. The topological polar surface area (TPSA) is 38.0 Å². The zero-order valence-electron chi connectivity index (χ0n) is 12.6. The Balaban J connectivity index is 2.48. The van der Waals surface area contributed by atoms with E-state index in [1.807, 2.05) is 0 Å². The Morgan fingerprint density at radius 1 is 1.21 bits per heavy atom. The lowest BCUT2D eigenvalue weighted by atomic mass is 9.84. The maximum atomic E-state index is 5.75. The second-order valence-electron chi connectivity index (χ2n) is 6.69. The summed E-state index contributed by atoms with van der Waals surface area (Å²) in [6.07, 6.45) is 1.11. The quantitative estimate of drug-likeness (QED) is 0.750. The number of hydrogen-bond acceptors (Lipinski definition) is 2. The smallest absolute Gasteiger partial charge is 0.0178 e. The van der Waals surface area contributed by atoms with Crippen LogP contribution in [0.1, 0.15) is 39.7 Å². The van der Waals surface area contributed by atoms with E-state index in [2.05, 4.69) is 73.2 Å². The van der Waals surface area contributed by atoms with Crippen molar-refractivity contribution in [1.29, 1.82) is 0 Å². The molecule has 1 aromatic rings. The predicted octanol–water partition coefficient (Wildman–Crippen LogP) is 3.69. The van der Waals surface area contributed by atoms with Crippen LogP contribution in [0.5, 0.6) is 0 Å². The highest BCUT2D eigenvalue weighted by Gasteiger charge is 2.21. The fraction of sp³-hybridized carbons (Fsp3) is 0.625. The van der Waals surface area contributed by atoms with Crippen LogP contribution in [-0.4, -0.2) is 19.6 Å². The van der Waals surface area contributed by atoms with Crippen molar-refractivity contribution in [2.24, 2.45) is 11.1 Å². The SMILES string of the molecule is CC(C)(CN)CCNCC(C)(C)c1cccc(Br)c1. The minimum atomic E-state index is 0.136. The van der Waals surface area contributed by atoms with Gasteiger partial charge >= 0.3 is 0 Å². The maximum Gasteiger partial charge on any atom is 0.0178 e.